The van der Waals surface area contributed by atoms with Gasteiger partial charge in [-0.05, 0) is 12.1 Å². The van der Waals surface area contributed by atoms with Crippen LogP contribution in [-0.2, 0) is 4.18 Å². The summed E-state index contributed by atoms with van der Waals surface area (Å²) in [7, 11) is 0. The van der Waals surface area contributed by atoms with Gasteiger partial charge in [0, 0.05) is 29.1 Å². The molecule has 1 aromatic rings. The van der Waals surface area contributed by atoms with Gasteiger partial charge in [0.05, 0.1) is 4.92 Å². The van der Waals surface area contributed by atoms with Crippen LogP contribution in [0, 0.1) is 10.1 Å². The summed E-state index contributed by atoms with van der Waals surface area (Å²) < 4.78 is 63.2. The summed E-state index contributed by atoms with van der Waals surface area (Å²) >= 11 is -0.218. The Balaban J connectivity index is 2.67. The van der Waals surface area contributed by atoms with E-state index in [-0.39, 0.29) is 22.6 Å². The number of non-ortho nitro benzene ring substituents is 1. The van der Waals surface area contributed by atoms with Gasteiger partial charge >= 0.3 is 12.3 Å². The Bertz CT molecular complexity index is 433. The summed E-state index contributed by atoms with van der Waals surface area (Å²) in [5.41, 5.74) is -0.318. The summed E-state index contributed by atoms with van der Waals surface area (Å²) in [5.74, 6) is 0. The second kappa shape index (κ2) is 5.06. The number of hydrogen-bond donors (Lipinski definition) is 0. The lowest BCUT2D eigenvalue weighted by molar-refractivity contribution is -0.384. The largest absolute Gasteiger partial charge is 0.484 e. The van der Waals surface area contributed by atoms with Crippen molar-refractivity contribution in [1.82, 2.24) is 0 Å². The van der Waals surface area contributed by atoms with Crippen LogP contribution >= 0.6 is 12.0 Å². The van der Waals surface area contributed by atoms with E-state index in [4.69, 9.17) is 0 Å². The third-order valence-electron chi connectivity index (χ3n) is 1.62. The molecular formula is C8H4F5NO3S. The summed E-state index contributed by atoms with van der Waals surface area (Å²) in [6.45, 7) is 0. The van der Waals surface area contributed by atoms with Crippen molar-refractivity contribution in [3.63, 3.8) is 0 Å². The molecule has 0 bridgehead atoms. The molecule has 0 saturated carbocycles. The predicted molar refractivity (Wildman–Crippen MR) is 51.0 cm³/mol. The van der Waals surface area contributed by atoms with Gasteiger partial charge in [0.25, 0.3) is 5.69 Å². The minimum absolute atomic E-state index is 0.121. The van der Waals surface area contributed by atoms with E-state index in [1.165, 1.54) is 0 Å². The van der Waals surface area contributed by atoms with Crippen LogP contribution in [0.5, 0.6) is 0 Å². The van der Waals surface area contributed by atoms with Crippen molar-refractivity contribution in [2.45, 2.75) is 17.2 Å². The molecule has 0 aliphatic heterocycles. The van der Waals surface area contributed by atoms with Crippen LogP contribution in [0.2, 0.25) is 0 Å². The molecule has 0 aromatic heterocycles. The van der Waals surface area contributed by atoms with E-state index >= 15 is 0 Å². The van der Waals surface area contributed by atoms with Crippen LogP contribution in [0.3, 0.4) is 0 Å². The smallest absolute Gasteiger partial charge is 0.258 e. The van der Waals surface area contributed by atoms with E-state index in [1.807, 2.05) is 0 Å². The van der Waals surface area contributed by atoms with Gasteiger partial charge in [0.2, 0.25) is 0 Å². The van der Waals surface area contributed by atoms with Crippen molar-refractivity contribution >= 4 is 17.7 Å². The van der Waals surface area contributed by atoms with Gasteiger partial charge in [-0.25, -0.2) is 4.18 Å². The van der Waals surface area contributed by atoms with Crippen LogP contribution in [0.1, 0.15) is 0 Å². The summed E-state index contributed by atoms with van der Waals surface area (Å²) in [6.07, 6.45) is -11.1. The van der Waals surface area contributed by atoms with Crippen molar-refractivity contribution in [3.05, 3.63) is 34.4 Å². The molecule has 1 rings (SSSR count). The van der Waals surface area contributed by atoms with Crippen molar-refractivity contribution in [3.8, 4) is 0 Å². The zero-order chi connectivity index (χ0) is 14.0. The molecule has 0 radical (unpaired) electrons. The molecular weight excluding hydrogens is 285 g/mol. The third kappa shape index (κ3) is 3.53. The fraction of sp³-hybridized carbons (Fsp3) is 0.250. The van der Waals surface area contributed by atoms with Crippen molar-refractivity contribution in [2.75, 3.05) is 0 Å². The molecule has 0 fully saturated rings. The lowest BCUT2D eigenvalue weighted by atomic mass is 10.3. The Labute approximate surface area is 101 Å². The number of hydrogen-bond acceptors (Lipinski definition) is 4. The van der Waals surface area contributed by atoms with E-state index in [9.17, 15) is 32.1 Å². The molecule has 4 nitrogen and oxygen atoms in total. The van der Waals surface area contributed by atoms with E-state index in [0.29, 0.717) is 0 Å². The zero-order valence-electron chi connectivity index (χ0n) is 8.28. The standard InChI is InChI=1S/C8H4F5NO3S/c9-7(10,11)8(12,13)17-18-6-3-1-5(2-4-6)14(15)16/h1-4H. The molecule has 0 atom stereocenters. The average molecular weight is 289 g/mol. The number of halogens is 5. The Morgan fingerprint density at radius 2 is 1.61 bits per heavy atom. The van der Waals surface area contributed by atoms with E-state index in [0.717, 1.165) is 24.3 Å². The summed E-state index contributed by atoms with van der Waals surface area (Å²) in [6, 6.07) is 3.90. The number of nitro benzene ring substituents is 1. The highest BCUT2D eigenvalue weighted by molar-refractivity contribution is 7.94. The lowest BCUT2D eigenvalue weighted by Gasteiger charge is -2.17. The topological polar surface area (TPSA) is 52.4 Å². The van der Waals surface area contributed by atoms with Crippen LogP contribution < -0.4 is 0 Å². The van der Waals surface area contributed by atoms with Crippen LogP contribution in [0.15, 0.2) is 29.2 Å². The van der Waals surface area contributed by atoms with Gasteiger partial charge in [-0.2, -0.15) is 22.0 Å². The Kier molecular flexibility index (Phi) is 4.12. The number of rotatable bonds is 4. The third-order valence-corrected chi connectivity index (χ3v) is 2.38. The van der Waals surface area contributed by atoms with Gasteiger partial charge in [-0.3, -0.25) is 10.1 Å². The Morgan fingerprint density at radius 3 is 2.00 bits per heavy atom. The van der Waals surface area contributed by atoms with Crippen molar-refractivity contribution in [2.24, 2.45) is 0 Å². The molecule has 1 aromatic carbocycles. The molecule has 0 aliphatic rings. The molecule has 100 valence electrons. The lowest BCUT2D eigenvalue weighted by Crippen LogP contribution is -2.37. The minimum Gasteiger partial charge on any atom is -0.258 e. The monoisotopic (exact) mass is 289 g/mol. The van der Waals surface area contributed by atoms with Crippen molar-refractivity contribution < 1.29 is 31.1 Å². The first-order valence-electron chi connectivity index (χ1n) is 4.18. The SMILES string of the molecule is O=[N+]([O-])c1ccc(SOC(F)(F)C(F)(F)F)cc1. The van der Waals surface area contributed by atoms with Crippen LogP contribution in [0.25, 0.3) is 0 Å². The van der Waals surface area contributed by atoms with Crippen LogP contribution in [-0.4, -0.2) is 17.2 Å². The molecule has 0 amide bonds. The van der Waals surface area contributed by atoms with Gasteiger partial charge < -0.3 is 0 Å². The molecule has 0 heterocycles. The number of nitrogens with zero attached hydrogens (tertiary/aromatic N) is 1. The molecule has 10 heteroatoms. The first-order chi connectivity index (χ1) is 8.13. The normalized spacial score (nSPS) is 12.5. The molecule has 0 saturated heterocycles. The highest BCUT2D eigenvalue weighted by Crippen LogP contribution is 2.40. The summed E-state index contributed by atoms with van der Waals surface area (Å²) in [5, 5.41) is 10.3. The first kappa shape index (κ1) is 14.6. The first-order valence-corrected chi connectivity index (χ1v) is 4.92. The fourth-order valence-corrected chi connectivity index (χ4v) is 1.31. The Hall–Kier alpha value is -1.42. The molecule has 0 spiro atoms. The number of nitro groups is 1. The van der Waals surface area contributed by atoms with E-state index in [1.54, 1.807) is 0 Å². The maximum Gasteiger partial charge on any atom is 0.484 e. The summed E-state index contributed by atoms with van der Waals surface area (Å²) in [4.78, 5) is 9.40. The second-order valence-corrected chi connectivity index (χ2v) is 3.74. The van der Waals surface area contributed by atoms with Gasteiger partial charge in [0.1, 0.15) is 0 Å². The highest BCUT2D eigenvalue weighted by Gasteiger charge is 2.60. The van der Waals surface area contributed by atoms with E-state index in [2.05, 4.69) is 4.18 Å². The highest BCUT2D eigenvalue weighted by atomic mass is 32.2. The van der Waals surface area contributed by atoms with Crippen LogP contribution in [0.4, 0.5) is 27.6 Å². The minimum atomic E-state index is -5.82. The maximum atomic E-state index is 12.3. The van der Waals surface area contributed by atoms with Gasteiger partial charge in [0.15, 0.2) is 0 Å². The maximum absolute atomic E-state index is 12.3. The van der Waals surface area contributed by atoms with Crippen molar-refractivity contribution in [1.29, 1.82) is 0 Å². The predicted octanol–water partition coefficient (Wildman–Crippen LogP) is 3.77. The number of alkyl halides is 5. The number of benzene rings is 1. The molecule has 0 N–H and O–H groups in total. The van der Waals surface area contributed by atoms with Gasteiger partial charge in [-0.15, -0.1) is 0 Å². The quantitative estimate of drug-likeness (QED) is 0.366. The van der Waals surface area contributed by atoms with E-state index < -0.39 is 17.2 Å². The fourth-order valence-electron chi connectivity index (χ4n) is 0.771. The van der Waals surface area contributed by atoms with Gasteiger partial charge in [-0.1, -0.05) is 0 Å². The average Bonchev–Trinajstić information content (AvgIpc) is 2.25. The molecule has 0 aliphatic carbocycles. The zero-order valence-corrected chi connectivity index (χ0v) is 9.10. The second-order valence-electron chi connectivity index (χ2n) is 2.93. The molecule has 0 unspecified atom stereocenters. The molecule has 18 heavy (non-hydrogen) atoms. The Morgan fingerprint density at radius 1 is 1.11 bits per heavy atom.